The van der Waals surface area contributed by atoms with Gasteiger partial charge in [-0.1, -0.05) is 224 Å². The first-order chi connectivity index (χ1) is 32.2. The van der Waals surface area contributed by atoms with E-state index in [4.69, 9.17) is 9.98 Å². The van der Waals surface area contributed by atoms with E-state index in [1.807, 2.05) is 18.2 Å². The van der Waals surface area contributed by atoms with Crippen molar-refractivity contribution in [2.24, 2.45) is 9.98 Å². The highest BCUT2D eigenvalue weighted by molar-refractivity contribution is 6.13. The molecule has 0 fully saturated rings. The molecule has 1 aliphatic heterocycles. The summed E-state index contributed by atoms with van der Waals surface area (Å²) >= 11 is 0. The van der Waals surface area contributed by atoms with Crippen molar-refractivity contribution in [3.63, 3.8) is 0 Å². The van der Waals surface area contributed by atoms with E-state index in [9.17, 15) is 0 Å². The summed E-state index contributed by atoms with van der Waals surface area (Å²) in [7, 11) is 0. The van der Waals surface area contributed by atoms with Crippen molar-refractivity contribution in [3.8, 4) is 55.6 Å². The van der Waals surface area contributed by atoms with Gasteiger partial charge < -0.3 is 5.32 Å². The van der Waals surface area contributed by atoms with Gasteiger partial charge in [0.05, 0.1) is 5.41 Å². The average molecular weight is 828 g/mol. The van der Waals surface area contributed by atoms with Crippen LogP contribution in [0.4, 0.5) is 0 Å². The average Bonchev–Trinajstić information content (AvgIpc) is 3.86. The highest BCUT2D eigenvalue weighted by atomic mass is 15.2. The third-order valence-corrected chi connectivity index (χ3v) is 13.8. The molecule has 13 rings (SSSR count). The number of nitrogens with zero attached hydrogens (tertiary/aromatic N) is 2. The highest BCUT2D eigenvalue weighted by Crippen LogP contribution is 2.63. The minimum Gasteiger partial charge on any atom is -0.344 e. The van der Waals surface area contributed by atoms with Crippen LogP contribution in [0.25, 0.3) is 66.4 Å². The Morgan fingerprint density at radius 1 is 0.354 bits per heavy atom. The lowest BCUT2D eigenvalue weighted by molar-refractivity contribution is 0.674. The van der Waals surface area contributed by atoms with Crippen molar-refractivity contribution < 1.29 is 0 Å². The number of nitrogens with one attached hydrogen (secondary N) is 1. The van der Waals surface area contributed by atoms with Crippen molar-refractivity contribution in [1.82, 2.24) is 5.32 Å². The SMILES string of the molecule is c1ccc(C2=NC(c3cccc(-c4c(-c5ccc6c(c5)C5(c7ccccc7-c7ccccc75)c5ccccc5-6)ccc5ccccc45)c3)NC(c3ccc(-c4ccccc4)cc3)=N2)cc1. The third kappa shape index (κ3) is 5.82. The normalized spacial score (nSPS) is 15.0. The molecule has 1 atom stereocenters. The number of benzene rings is 10. The van der Waals surface area contributed by atoms with Crippen molar-refractivity contribution in [3.05, 3.63) is 276 Å². The molecule has 3 heteroatoms. The predicted molar refractivity (Wildman–Crippen MR) is 268 cm³/mol. The molecule has 0 saturated heterocycles. The van der Waals surface area contributed by atoms with E-state index in [-0.39, 0.29) is 6.17 Å². The highest BCUT2D eigenvalue weighted by Gasteiger charge is 2.51. The van der Waals surface area contributed by atoms with Crippen LogP contribution in [0.1, 0.15) is 45.1 Å². The van der Waals surface area contributed by atoms with E-state index < -0.39 is 5.41 Å². The van der Waals surface area contributed by atoms with Crippen LogP contribution in [0.2, 0.25) is 0 Å². The summed E-state index contributed by atoms with van der Waals surface area (Å²) in [6, 6.07) is 86.1. The Balaban J connectivity index is 0.954. The summed E-state index contributed by atoms with van der Waals surface area (Å²) in [5.74, 6) is 1.50. The summed E-state index contributed by atoms with van der Waals surface area (Å²) in [6.07, 6.45) is -0.370. The molecule has 3 nitrogen and oxygen atoms in total. The van der Waals surface area contributed by atoms with Crippen LogP contribution in [-0.4, -0.2) is 11.7 Å². The Kier molecular flexibility index (Phi) is 8.50. The monoisotopic (exact) mass is 827 g/mol. The smallest absolute Gasteiger partial charge is 0.159 e. The number of hydrogen-bond donors (Lipinski definition) is 1. The van der Waals surface area contributed by atoms with E-state index in [2.05, 4.69) is 224 Å². The van der Waals surface area contributed by atoms with Gasteiger partial charge in [-0.25, -0.2) is 9.98 Å². The van der Waals surface area contributed by atoms with Gasteiger partial charge in [0.25, 0.3) is 0 Å². The second-order valence-electron chi connectivity index (χ2n) is 17.3. The van der Waals surface area contributed by atoms with Gasteiger partial charge in [0.15, 0.2) is 5.84 Å². The third-order valence-electron chi connectivity index (χ3n) is 13.8. The Hall–Kier alpha value is -8.40. The molecule has 0 bridgehead atoms. The lowest BCUT2D eigenvalue weighted by Gasteiger charge is -2.30. The van der Waals surface area contributed by atoms with Gasteiger partial charge in [0.2, 0.25) is 0 Å². The molecule has 10 aromatic carbocycles. The molecule has 10 aromatic rings. The first-order valence-electron chi connectivity index (χ1n) is 22.4. The van der Waals surface area contributed by atoms with Gasteiger partial charge in [-0.2, -0.15) is 0 Å². The van der Waals surface area contributed by atoms with Crippen molar-refractivity contribution in [2.75, 3.05) is 0 Å². The Morgan fingerprint density at radius 2 is 0.877 bits per heavy atom. The molecular weight excluding hydrogens is 787 g/mol. The van der Waals surface area contributed by atoms with Gasteiger partial charge >= 0.3 is 0 Å². The molecule has 1 unspecified atom stereocenters. The number of aliphatic imine (C=N–C) groups is 2. The summed E-state index contributed by atoms with van der Waals surface area (Å²) in [4.78, 5) is 10.4. The summed E-state index contributed by atoms with van der Waals surface area (Å²) in [5.41, 5.74) is 20.3. The Morgan fingerprint density at radius 3 is 1.57 bits per heavy atom. The molecule has 304 valence electrons. The van der Waals surface area contributed by atoms with E-state index >= 15 is 0 Å². The zero-order chi connectivity index (χ0) is 42.9. The van der Waals surface area contributed by atoms with E-state index in [1.165, 1.54) is 83.1 Å². The van der Waals surface area contributed by atoms with E-state index in [0.717, 1.165) is 28.1 Å². The van der Waals surface area contributed by atoms with Gasteiger partial charge in [-0.05, 0) is 106 Å². The molecule has 1 heterocycles. The maximum Gasteiger partial charge on any atom is 0.159 e. The summed E-state index contributed by atoms with van der Waals surface area (Å²) < 4.78 is 0. The van der Waals surface area contributed by atoms with Crippen molar-refractivity contribution >= 4 is 22.4 Å². The minimum absolute atomic E-state index is 0.370. The molecule has 1 spiro atoms. The van der Waals surface area contributed by atoms with Gasteiger partial charge in [-0.3, -0.25) is 0 Å². The Bertz CT molecular complexity index is 3500. The maximum atomic E-state index is 5.30. The molecule has 0 saturated carbocycles. The van der Waals surface area contributed by atoms with Crippen LogP contribution in [0, 0.1) is 0 Å². The van der Waals surface area contributed by atoms with Crippen LogP contribution >= 0.6 is 0 Å². The van der Waals surface area contributed by atoms with Crippen LogP contribution in [0.3, 0.4) is 0 Å². The van der Waals surface area contributed by atoms with Crippen LogP contribution in [0.5, 0.6) is 0 Å². The molecule has 2 aliphatic carbocycles. The zero-order valence-electron chi connectivity index (χ0n) is 35.5. The molecule has 0 amide bonds. The fourth-order valence-electron chi connectivity index (χ4n) is 10.9. The second kappa shape index (κ2) is 14.9. The maximum absolute atomic E-state index is 5.30. The molecule has 1 N–H and O–H groups in total. The number of rotatable bonds is 6. The van der Waals surface area contributed by atoms with E-state index in [1.54, 1.807) is 0 Å². The lowest BCUT2D eigenvalue weighted by Crippen LogP contribution is -2.33. The molecular formula is C62H41N3. The van der Waals surface area contributed by atoms with Crippen molar-refractivity contribution in [2.45, 2.75) is 11.6 Å². The second-order valence-corrected chi connectivity index (χ2v) is 17.3. The zero-order valence-corrected chi connectivity index (χ0v) is 35.5. The summed E-state index contributed by atoms with van der Waals surface area (Å²) in [6.45, 7) is 0. The molecule has 0 aromatic heterocycles. The minimum atomic E-state index is -0.422. The van der Waals surface area contributed by atoms with Crippen molar-refractivity contribution in [1.29, 1.82) is 0 Å². The first-order valence-corrected chi connectivity index (χ1v) is 22.4. The Labute approximate surface area is 378 Å². The van der Waals surface area contributed by atoms with Crippen LogP contribution < -0.4 is 5.32 Å². The van der Waals surface area contributed by atoms with Gasteiger partial charge in [0.1, 0.15) is 12.0 Å². The number of fused-ring (bicyclic) bond motifs is 11. The number of amidine groups is 2. The fourth-order valence-corrected chi connectivity index (χ4v) is 10.9. The van der Waals surface area contributed by atoms with E-state index in [0.29, 0.717) is 5.84 Å². The van der Waals surface area contributed by atoms with Gasteiger partial charge in [0, 0.05) is 11.1 Å². The van der Waals surface area contributed by atoms with Gasteiger partial charge in [-0.15, -0.1) is 0 Å². The predicted octanol–water partition coefficient (Wildman–Crippen LogP) is 14.7. The standard InChI is InChI=1S/C62H41N3/c1-3-16-40(17-4-1)41-30-32-44(33-31-41)60-63-59(43-19-5-2-6-20-43)64-61(65-60)47-22-15-21-46(38-47)58-48-23-8-7-18-42(48)34-36-49(58)45-35-37-53-52-26-11-14-29-56(52)62(57(53)39-45)54-27-12-9-24-50(54)51-25-10-13-28-55(51)62/h1-39,61H,(H,63,64,65). The molecule has 65 heavy (non-hydrogen) atoms. The fraction of sp³-hybridized carbons (Fsp3) is 0.0323. The quantitative estimate of drug-likeness (QED) is 0.178. The summed E-state index contributed by atoms with van der Waals surface area (Å²) in [5, 5.41) is 6.16. The molecule has 0 radical (unpaired) electrons. The molecule has 3 aliphatic rings. The topological polar surface area (TPSA) is 36.8 Å². The first kappa shape index (κ1) is 37.2. The van der Waals surface area contributed by atoms with Crippen LogP contribution in [0.15, 0.2) is 247 Å². The largest absolute Gasteiger partial charge is 0.344 e. The van der Waals surface area contributed by atoms with Crippen LogP contribution in [-0.2, 0) is 5.41 Å². The lowest BCUT2D eigenvalue weighted by atomic mass is 9.70. The number of hydrogen-bond acceptors (Lipinski definition) is 3.